The van der Waals surface area contributed by atoms with Gasteiger partial charge < -0.3 is 4.90 Å². The van der Waals surface area contributed by atoms with E-state index >= 15 is 0 Å². The van der Waals surface area contributed by atoms with Crippen molar-refractivity contribution in [1.29, 1.82) is 0 Å². The smallest absolute Gasteiger partial charge is 0.228 e. The number of carbonyl (C=O) groups is 2. The monoisotopic (exact) mass is 323 g/mol. The number of hydrogen-bond acceptors (Lipinski definition) is 2. The van der Waals surface area contributed by atoms with Crippen LogP contribution in [0, 0.1) is 5.41 Å². The van der Waals surface area contributed by atoms with E-state index in [0.29, 0.717) is 10.6 Å². The Balaban J connectivity index is 3.21. The molecule has 0 aliphatic heterocycles. The van der Waals surface area contributed by atoms with Crippen molar-refractivity contribution < 1.29 is 9.59 Å². The Morgan fingerprint density at radius 2 is 1.64 bits per heavy atom. The van der Waals surface area contributed by atoms with Crippen LogP contribution in [0.4, 0.5) is 0 Å². The van der Waals surface area contributed by atoms with Gasteiger partial charge in [0.2, 0.25) is 5.91 Å². The zero-order chi connectivity index (χ0) is 17.3. The van der Waals surface area contributed by atoms with Crippen molar-refractivity contribution in [3.63, 3.8) is 0 Å². The molecule has 0 saturated heterocycles. The predicted molar refractivity (Wildman–Crippen MR) is 91.3 cm³/mol. The summed E-state index contributed by atoms with van der Waals surface area (Å²) in [7, 11) is 0. The number of carbonyl (C=O) groups excluding carboxylic acids is 2. The minimum absolute atomic E-state index is 0.0390. The Labute approximate surface area is 138 Å². The lowest BCUT2D eigenvalue weighted by molar-refractivity contribution is -0.146. The minimum atomic E-state index is -0.551. The molecule has 0 spiro atoms. The van der Waals surface area contributed by atoms with Gasteiger partial charge in [-0.2, -0.15) is 0 Å². The van der Waals surface area contributed by atoms with Crippen molar-refractivity contribution in [3.05, 3.63) is 34.9 Å². The second kappa shape index (κ2) is 6.41. The van der Waals surface area contributed by atoms with Crippen molar-refractivity contribution in [2.24, 2.45) is 5.41 Å². The molecule has 1 amide bonds. The van der Waals surface area contributed by atoms with Gasteiger partial charge in [-0.15, -0.1) is 0 Å². The molecular formula is C18H26ClNO2. The van der Waals surface area contributed by atoms with E-state index in [0.717, 1.165) is 0 Å². The van der Waals surface area contributed by atoms with E-state index in [1.807, 2.05) is 41.5 Å². The predicted octanol–water partition coefficient (Wildman–Crippen LogP) is 4.58. The van der Waals surface area contributed by atoms with Gasteiger partial charge in [0.15, 0.2) is 5.78 Å². The Hall–Kier alpha value is -1.35. The zero-order valence-electron chi connectivity index (χ0n) is 14.5. The lowest BCUT2D eigenvalue weighted by Gasteiger charge is -2.43. The van der Waals surface area contributed by atoms with Crippen molar-refractivity contribution >= 4 is 23.3 Å². The summed E-state index contributed by atoms with van der Waals surface area (Å²) in [5, 5.41) is 0.516. The standard InChI is InChI=1S/C18H26ClNO2/c1-12(15(21)13-9-8-10-14(19)11-13)20(18(5,6)7)16(22)17(2,3)4/h8-12H,1-7H3. The third-order valence-electron chi connectivity index (χ3n) is 3.46. The average molecular weight is 324 g/mol. The van der Waals surface area contributed by atoms with Crippen LogP contribution in [-0.4, -0.2) is 28.2 Å². The van der Waals surface area contributed by atoms with E-state index in [2.05, 4.69) is 0 Å². The second-order valence-electron chi connectivity index (χ2n) is 7.65. The van der Waals surface area contributed by atoms with Crippen molar-refractivity contribution in [3.8, 4) is 0 Å². The van der Waals surface area contributed by atoms with Crippen LogP contribution in [0.25, 0.3) is 0 Å². The number of amides is 1. The van der Waals surface area contributed by atoms with E-state index in [1.165, 1.54) is 0 Å². The van der Waals surface area contributed by atoms with Gasteiger partial charge in [-0.05, 0) is 39.8 Å². The summed E-state index contributed by atoms with van der Waals surface area (Å²) in [6, 6.07) is 6.29. The molecule has 0 aliphatic carbocycles. The Morgan fingerprint density at radius 3 is 2.05 bits per heavy atom. The van der Waals surface area contributed by atoms with Crippen LogP contribution in [0.1, 0.15) is 58.8 Å². The largest absolute Gasteiger partial charge is 0.327 e. The van der Waals surface area contributed by atoms with E-state index < -0.39 is 17.0 Å². The van der Waals surface area contributed by atoms with Crippen LogP contribution in [0.15, 0.2) is 24.3 Å². The third kappa shape index (κ3) is 4.33. The second-order valence-corrected chi connectivity index (χ2v) is 8.08. The Morgan fingerprint density at radius 1 is 1.09 bits per heavy atom. The van der Waals surface area contributed by atoms with Gasteiger partial charge in [-0.25, -0.2) is 0 Å². The molecule has 0 saturated carbocycles. The van der Waals surface area contributed by atoms with Crippen LogP contribution in [0.5, 0.6) is 0 Å². The summed E-state index contributed by atoms with van der Waals surface area (Å²) in [5.74, 6) is -0.141. The first kappa shape index (κ1) is 18.7. The van der Waals surface area contributed by atoms with Gasteiger partial charge >= 0.3 is 0 Å². The average Bonchev–Trinajstić information content (AvgIpc) is 2.35. The molecule has 3 nitrogen and oxygen atoms in total. The lowest BCUT2D eigenvalue weighted by atomic mass is 9.89. The molecule has 1 atom stereocenters. The molecule has 1 unspecified atom stereocenters. The molecule has 1 rings (SSSR count). The molecule has 0 fully saturated rings. The SMILES string of the molecule is CC(C(=O)c1cccc(Cl)c1)N(C(=O)C(C)(C)C)C(C)(C)C. The van der Waals surface area contributed by atoms with Gasteiger partial charge in [-0.3, -0.25) is 9.59 Å². The van der Waals surface area contributed by atoms with Crippen LogP contribution in [0.2, 0.25) is 5.02 Å². The number of hydrogen-bond donors (Lipinski definition) is 0. The van der Waals surface area contributed by atoms with Crippen molar-refractivity contribution in [1.82, 2.24) is 4.90 Å². The van der Waals surface area contributed by atoms with Gasteiger partial charge in [0, 0.05) is 21.5 Å². The number of halogens is 1. The normalized spacial score (nSPS) is 13.6. The number of benzene rings is 1. The topological polar surface area (TPSA) is 37.4 Å². The molecule has 4 heteroatoms. The van der Waals surface area contributed by atoms with Crippen LogP contribution >= 0.6 is 11.6 Å². The highest BCUT2D eigenvalue weighted by Gasteiger charge is 2.39. The Bertz CT molecular complexity index is 567. The molecule has 1 aromatic carbocycles. The molecule has 0 N–H and O–H groups in total. The highest BCUT2D eigenvalue weighted by molar-refractivity contribution is 6.31. The van der Waals surface area contributed by atoms with E-state index in [1.54, 1.807) is 36.1 Å². The first-order valence-corrected chi connectivity index (χ1v) is 7.87. The summed E-state index contributed by atoms with van der Waals surface area (Å²) in [4.78, 5) is 27.2. The van der Waals surface area contributed by atoms with Crippen molar-refractivity contribution in [2.75, 3.05) is 0 Å². The van der Waals surface area contributed by atoms with Gasteiger partial charge in [0.05, 0.1) is 6.04 Å². The fourth-order valence-corrected chi connectivity index (χ4v) is 2.61. The number of Topliss-reactive ketones (excluding diaryl/α,β-unsaturated/α-hetero) is 1. The van der Waals surface area contributed by atoms with Gasteiger partial charge in [0.25, 0.3) is 0 Å². The summed E-state index contributed by atoms with van der Waals surface area (Å²) in [5.41, 5.74) is -0.468. The molecule has 0 aromatic heterocycles. The molecule has 1 aromatic rings. The number of rotatable bonds is 3. The maximum Gasteiger partial charge on any atom is 0.228 e. The van der Waals surface area contributed by atoms with Crippen LogP contribution in [-0.2, 0) is 4.79 Å². The van der Waals surface area contributed by atoms with E-state index in [-0.39, 0.29) is 11.7 Å². The first-order valence-electron chi connectivity index (χ1n) is 7.49. The van der Waals surface area contributed by atoms with Crippen molar-refractivity contribution in [2.45, 2.75) is 60.0 Å². The third-order valence-corrected chi connectivity index (χ3v) is 3.69. The highest BCUT2D eigenvalue weighted by atomic mass is 35.5. The molecular weight excluding hydrogens is 298 g/mol. The lowest BCUT2D eigenvalue weighted by Crippen LogP contribution is -2.56. The number of ketones is 1. The minimum Gasteiger partial charge on any atom is -0.327 e. The first-order chi connectivity index (χ1) is 9.85. The number of nitrogens with zero attached hydrogens (tertiary/aromatic N) is 1. The zero-order valence-corrected chi connectivity index (χ0v) is 15.3. The fourth-order valence-electron chi connectivity index (χ4n) is 2.42. The summed E-state index contributed by atoms with van der Waals surface area (Å²) in [6.07, 6.45) is 0. The maximum absolute atomic E-state index is 12.8. The quantitative estimate of drug-likeness (QED) is 0.763. The van der Waals surface area contributed by atoms with E-state index in [4.69, 9.17) is 11.6 Å². The van der Waals surface area contributed by atoms with E-state index in [9.17, 15) is 9.59 Å². The maximum atomic E-state index is 12.8. The summed E-state index contributed by atoms with van der Waals surface area (Å²) < 4.78 is 0. The highest BCUT2D eigenvalue weighted by Crippen LogP contribution is 2.27. The molecule has 0 heterocycles. The molecule has 0 radical (unpaired) electrons. The molecule has 0 bridgehead atoms. The van der Waals surface area contributed by atoms with Crippen LogP contribution in [0.3, 0.4) is 0 Å². The van der Waals surface area contributed by atoms with Gasteiger partial charge in [-0.1, -0.05) is 44.5 Å². The summed E-state index contributed by atoms with van der Waals surface area (Å²) >= 11 is 5.97. The Kier molecular flexibility index (Phi) is 5.45. The van der Waals surface area contributed by atoms with Crippen LogP contribution < -0.4 is 0 Å². The molecule has 122 valence electrons. The molecule has 22 heavy (non-hydrogen) atoms. The molecule has 0 aliphatic rings. The van der Waals surface area contributed by atoms with Gasteiger partial charge in [0.1, 0.15) is 0 Å². The fraction of sp³-hybridized carbons (Fsp3) is 0.556. The summed E-state index contributed by atoms with van der Waals surface area (Å²) in [6.45, 7) is 13.2.